The molecule has 1 aromatic carbocycles. The summed E-state index contributed by atoms with van der Waals surface area (Å²) in [7, 11) is 1.71. The summed E-state index contributed by atoms with van der Waals surface area (Å²) < 4.78 is 11.1. The molecule has 1 aromatic rings. The largest absolute Gasteiger partial charge is 0.490 e. The first kappa shape index (κ1) is 22.0. The highest BCUT2D eigenvalue weighted by molar-refractivity contribution is 6.31. The zero-order valence-electron chi connectivity index (χ0n) is 15.1. The van der Waals surface area contributed by atoms with Crippen molar-refractivity contribution in [2.24, 2.45) is 5.41 Å². The Morgan fingerprint density at radius 2 is 2.04 bits per heavy atom. The van der Waals surface area contributed by atoms with Crippen molar-refractivity contribution in [2.75, 3.05) is 33.4 Å². The molecule has 0 aromatic heterocycles. The SMILES string of the molecule is COCC1(CNC(=O)c2cc(Cl)ccc2OC(C)C)CCNCC1.Cl. The van der Waals surface area contributed by atoms with Gasteiger partial charge in [-0.2, -0.15) is 0 Å². The van der Waals surface area contributed by atoms with Crippen LogP contribution in [0.25, 0.3) is 0 Å². The molecule has 2 N–H and O–H groups in total. The van der Waals surface area contributed by atoms with Crippen LogP contribution in [-0.2, 0) is 4.74 Å². The molecule has 1 fully saturated rings. The number of carbonyl (C=O) groups is 1. The van der Waals surface area contributed by atoms with Crippen LogP contribution in [0.5, 0.6) is 5.75 Å². The second kappa shape index (κ2) is 10.2. The lowest BCUT2D eigenvalue weighted by molar-refractivity contribution is 0.0511. The lowest BCUT2D eigenvalue weighted by atomic mass is 9.79. The van der Waals surface area contributed by atoms with Crippen LogP contribution in [0.1, 0.15) is 37.0 Å². The predicted octanol–water partition coefficient (Wildman–Crippen LogP) is 3.30. The number of piperidine rings is 1. The van der Waals surface area contributed by atoms with Crippen molar-refractivity contribution in [3.05, 3.63) is 28.8 Å². The van der Waals surface area contributed by atoms with Gasteiger partial charge in [0.25, 0.3) is 5.91 Å². The van der Waals surface area contributed by atoms with E-state index in [1.54, 1.807) is 25.3 Å². The molecule has 0 unspecified atom stereocenters. The first-order valence-electron chi connectivity index (χ1n) is 8.40. The van der Waals surface area contributed by atoms with Crippen molar-refractivity contribution in [3.63, 3.8) is 0 Å². The molecule has 1 aliphatic rings. The van der Waals surface area contributed by atoms with Crippen LogP contribution < -0.4 is 15.4 Å². The van der Waals surface area contributed by atoms with E-state index < -0.39 is 0 Å². The second-order valence-corrected chi connectivity index (χ2v) is 7.11. The molecule has 5 nitrogen and oxygen atoms in total. The van der Waals surface area contributed by atoms with Gasteiger partial charge in [-0.15, -0.1) is 12.4 Å². The van der Waals surface area contributed by atoms with Crippen molar-refractivity contribution in [3.8, 4) is 5.75 Å². The number of hydrogen-bond donors (Lipinski definition) is 2. The number of methoxy groups -OCH3 is 1. The quantitative estimate of drug-likeness (QED) is 0.749. The summed E-state index contributed by atoms with van der Waals surface area (Å²) in [6.07, 6.45) is 1.94. The predicted molar refractivity (Wildman–Crippen MR) is 103 cm³/mol. The third-order valence-electron chi connectivity index (χ3n) is 4.29. The third-order valence-corrected chi connectivity index (χ3v) is 4.52. The minimum absolute atomic E-state index is 0. The molecule has 7 heteroatoms. The molecule has 0 atom stereocenters. The summed E-state index contributed by atoms with van der Waals surface area (Å²) in [6.45, 7) is 6.96. The highest BCUT2D eigenvalue weighted by atomic mass is 35.5. The number of ether oxygens (including phenoxy) is 2. The first-order valence-corrected chi connectivity index (χ1v) is 8.78. The van der Waals surface area contributed by atoms with E-state index >= 15 is 0 Å². The van der Waals surface area contributed by atoms with Crippen molar-refractivity contribution >= 4 is 29.9 Å². The molecule has 1 amide bonds. The Kier molecular flexibility index (Phi) is 9.00. The van der Waals surface area contributed by atoms with Gasteiger partial charge in [-0.25, -0.2) is 0 Å². The van der Waals surface area contributed by atoms with Crippen LogP contribution in [0.3, 0.4) is 0 Å². The van der Waals surface area contributed by atoms with Gasteiger partial charge in [-0.05, 0) is 58.0 Å². The lowest BCUT2D eigenvalue weighted by Gasteiger charge is -2.37. The van der Waals surface area contributed by atoms with Gasteiger partial charge in [0, 0.05) is 24.1 Å². The van der Waals surface area contributed by atoms with Crippen molar-refractivity contribution < 1.29 is 14.3 Å². The number of hydrogen-bond acceptors (Lipinski definition) is 4. The van der Waals surface area contributed by atoms with Gasteiger partial charge < -0.3 is 20.1 Å². The second-order valence-electron chi connectivity index (χ2n) is 6.67. The maximum Gasteiger partial charge on any atom is 0.255 e. The Morgan fingerprint density at radius 1 is 1.36 bits per heavy atom. The van der Waals surface area contributed by atoms with E-state index in [0.29, 0.717) is 29.5 Å². The van der Waals surface area contributed by atoms with Gasteiger partial charge in [-0.1, -0.05) is 11.6 Å². The van der Waals surface area contributed by atoms with Gasteiger partial charge in [-0.3, -0.25) is 4.79 Å². The average Bonchev–Trinajstić information content (AvgIpc) is 2.55. The molecular weight excluding hydrogens is 363 g/mol. The molecule has 2 rings (SSSR count). The van der Waals surface area contributed by atoms with Crippen LogP contribution in [0, 0.1) is 5.41 Å². The summed E-state index contributed by atoms with van der Waals surface area (Å²) in [6, 6.07) is 5.13. The fourth-order valence-electron chi connectivity index (χ4n) is 3.03. The number of benzene rings is 1. The van der Waals surface area contributed by atoms with E-state index in [1.807, 2.05) is 13.8 Å². The molecule has 1 heterocycles. The lowest BCUT2D eigenvalue weighted by Crippen LogP contribution is -2.47. The van der Waals surface area contributed by atoms with Gasteiger partial charge in [0.1, 0.15) is 5.75 Å². The first-order chi connectivity index (χ1) is 11.5. The van der Waals surface area contributed by atoms with Gasteiger partial charge in [0.15, 0.2) is 0 Å². The van der Waals surface area contributed by atoms with Crippen LogP contribution in [-0.4, -0.2) is 45.4 Å². The van der Waals surface area contributed by atoms with Crippen molar-refractivity contribution in [1.82, 2.24) is 10.6 Å². The van der Waals surface area contributed by atoms with Crippen LogP contribution >= 0.6 is 24.0 Å². The van der Waals surface area contributed by atoms with Crippen LogP contribution in [0.2, 0.25) is 5.02 Å². The Bertz CT molecular complexity index is 556. The standard InChI is InChI=1S/C18H27ClN2O3.ClH/c1-13(2)24-16-5-4-14(19)10-15(16)17(22)21-11-18(12-23-3)6-8-20-9-7-18;/h4-5,10,13,20H,6-9,11-12H2,1-3H3,(H,21,22);1H. The van der Waals surface area contributed by atoms with E-state index in [1.165, 1.54) is 0 Å². The maximum absolute atomic E-state index is 12.7. The third kappa shape index (κ3) is 6.33. The fraction of sp³-hybridized carbons (Fsp3) is 0.611. The molecule has 25 heavy (non-hydrogen) atoms. The van der Waals surface area contributed by atoms with E-state index in [-0.39, 0.29) is 29.8 Å². The number of rotatable bonds is 7. The molecule has 0 radical (unpaired) electrons. The Hall–Kier alpha value is -1.01. The molecule has 1 aliphatic heterocycles. The summed E-state index contributed by atoms with van der Waals surface area (Å²) >= 11 is 6.06. The zero-order valence-corrected chi connectivity index (χ0v) is 16.6. The van der Waals surface area contributed by atoms with Gasteiger partial charge in [0.05, 0.1) is 18.3 Å². The topological polar surface area (TPSA) is 59.6 Å². The van der Waals surface area contributed by atoms with Gasteiger partial charge >= 0.3 is 0 Å². The number of carbonyl (C=O) groups excluding carboxylic acids is 1. The zero-order chi connectivity index (χ0) is 17.6. The smallest absolute Gasteiger partial charge is 0.255 e. The average molecular weight is 391 g/mol. The maximum atomic E-state index is 12.7. The Labute approximate surface area is 161 Å². The number of halogens is 2. The normalized spacial score (nSPS) is 16.2. The summed E-state index contributed by atoms with van der Waals surface area (Å²) in [5, 5.41) is 6.92. The Balaban J connectivity index is 0.00000312. The highest BCUT2D eigenvalue weighted by Gasteiger charge is 2.32. The molecule has 0 spiro atoms. The minimum atomic E-state index is -0.165. The van der Waals surface area contributed by atoms with Gasteiger partial charge in [0.2, 0.25) is 0 Å². The number of nitrogens with one attached hydrogen (secondary N) is 2. The summed E-state index contributed by atoms with van der Waals surface area (Å²) in [5.74, 6) is 0.389. The molecule has 142 valence electrons. The molecule has 0 bridgehead atoms. The van der Waals surface area contributed by atoms with E-state index in [4.69, 9.17) is 21.1 Å². The van der Waals surface area contributed by atoms with E-state index in [0.717, 1.165) is 25.9 Å². The van der Waals surface area contributed by atoms with Crippen LogP contribution in [0.4, 0.5) is 0 Å². The van der Waals surface area contributed by atoms with Crippen molar-refractivity contribution in [2.45, 2.75) is 32.8 Å². The molecular formula is C18H28Cl2N2O3. The summed E-state index contributed by atoms with van der Waals surface area (Å²) in [5.41, 5.74) is 0.450. The monoisotopic (exact) mass is 390 g/mol. The minimum Gasteiger partial charge on any atom is -0.490 e. The van der Waals surface area contributed by atoms with E-state index in [2.05, 4.69) is 10.6 Å². The number of amides is 1. The fourth-order valence-corrected chi connectivity index (χ4v) is 3.21. The Morgan fingerprint density at radius 3 is 2.64 bits per heavy atom. The van der Waals surface area contributed by atoms with Crippen LogP contribution in [0.15, 0.2) is 18.2 Å². The molecule has 0 aliphatic carbocycles. The highest BCUT2D eigenvalue weighted by Crippen LogP contribution is 2.29. The van der Waals surface area contributed by atoms with E-state index in [9.17, 15) is 4.79 Å². The van der Waals surface area contributed by atoms with Crippen molar-refractivity contribution in [1.29, 1.82) is 0 Å². The molecule has 1 saturated heterocycles. The molecule has 0 saturated carbocycles. The summed E-state index contributed by atoms with van der Waals surface area (Å²) in [4.78, 5) is 12.7.